The molecule has 1 atom stereocenters. The molecule has 2 rings (SSSR count). The maximum absolute atomic E-state index is 12.3. The van der Waals surface area contributed by atoms with Gasteiger partial charge in [-0.3, -0.25) is 0 Å². The quantitative estimate of drug-likeness (QED) is 0.790. The average molecular weight is 270 g/mol. The Bertz CT molecular complexity index is 353. The molecular formula is C13H22N2O4. The van der Waals surface area contributed by atoms with Gasteiger partial charge in [0.2, 0.25) is 0 Å². The Hall–Kier alpha value is -1.30. The molecule has 108 valence electrons. The number of carbonyl (C=O) groups excluding carboxylic acids is 1. The molecule has 0 aromatic carbocycles. The number of urea groups is 1. The first-order valence-corrected chi connectivity index (χ1v) is 6.91. The van der Waals surface area contributed by atoms with Crippen LogP contribution in [0.5, 0.6) is 0 Å². The number of nitrogens with zero attached hydrogens (tertiary/aromatic N) is 1. The zero-order valence-electron chi connectivity index (χ0n) is 11.4. The zero-order chi connectivity index (χ0) is 13.9. The van der Waals surface area contributed by atoms with E-state index in [-0.39, 0.29) is 11.6 Å². The van der Waals surface area contributed by atoms with E-state index in [1.807, 2.05) is 6.92 Å². The van der Waals surface area contributed by atoms with Crippen LogP contribution in [-0.2, 0) is 9.53 Å². The number of likely N-dealkylation sites (tertiary alicyclic amines) is 1. The van der Waals surface area contributed by atoms with Crippen molar-refractivity contribution in [1.29, 1.82) is 0 Å². The van der Waals surface area contributed by atoms with Gasteiger partial charge < -0.3 is 20.1 Å². The van der Waals surface area contributed by atoms with Crippen molar-refractivity contribution in [3.8, 4) is 0 Å². The van der Waals surface area contributed by atoms with Crippen molar-refractivity contribution in [2.75, 3.05) is 19.8 Å². The van der Waals surface area contributed by atoms with Crippen LogP contribution in [-0.4, -0.2) is 53.3 Å². The topological polar surface area (TPSA) is 78.9 Å². The lowest BCUT2D eigenvalue weighted by Crippen LogP contribution is -2.58. The normalized spacial score (nSPS) is 26.8. The first-order valence-electron chi connectivity index (χ1n) is 6.91. The van der Waals surface area contributed by atoms with Gasteiger partial charge in [-0.1, -0.05) is 0 Å². The Morgan fingerprint density at radius 3 is 2.63 bits per heavy atom. The molecule has 0 bridgehead atoms. The van der Waals surface area contributed by atoms with Gasteiger partial charge in [-0.15, -0.1) is 0 Å². The smallest absolute Gasteiger partial charge is 0.326 e. The Morgan fingerprint density at radius 1 is 1.32 bits per heavy atom. The van der Waals surface area contributed by atoms with Gasteiger partial charge in [0.1, 0.15) is 6.04 Å². The summed E-state index contributed by atoms with van der Waals surface area (Å²) in [5.74, 6) is -0.910. The van der Waals surface area contributed by atoms with Crippen molar-refractivity contribution in [3.63, 3.8) is 0 Å². The third kappa shape index (κ3) is 3.37. The molecule has 2 saturated heterocycles. The van der Waals surface area contributed by atoms with Crippen molar-refractivity contribution in [2.24, 2.45) is 0 Å². The number of amides is 2. The molecule has 2 aliphatic heterocycles. The molecule has 2 fully saturated rings. The van der Waals surface area contributed by atoms with E-state index in [1.165, 1.54) is 4.90 Å². The van der Waals surface area contributed by atoms with E-state index < -0.39 is 12.0 Å². The van der Waals surface area contributed by atoms with Crippen LogP contribution in [0.15, 0.2) is 0 Å². The summed E-state index contributed by atoms with van der Waals surface area (Å²) in [7, 11) is 0. The summed E-state index contributed by atoms with van der Waals surface area (Å²) < 4.78 is 5.29. The fraction of sp³-hybridized carbons (Fsp3) is 0.846. The van der Waals surface area contributed by atoms with Gasteiger partial charge in [0.15, 0.2) is 0 Å². The Labute approximate surface area is 113 Å². The van der Waals surface area contributed by atoms with Crippen LogP contribution < -0.4 is 5.32 Å². The van der Waals surface area contributed by atoms with E-state index in [9.17, 15) is 14.7 Å². The lowest BCUT2D eigenvalue weighted by atomic mass is 9.92. The Morgan fingerprint density at radius 2 is 2.00 bits per heavy atom. The third-order valence-corrected chi connectivity index (χ3v) is 4.05. The standard InChI is InChI=1S/C13H22N2O4/c1-13(5-8-19-9-6-13)14-12(18)15-7-3-2-4-10(15)11(16)17/h10H,2-9H2,1H3,(H,14,18)(H,16,17). The predicted molar refractivity (Wildman–Crippen MR) is 69.0 cm³/mol. The number of hydrogen-bond donors (Lipinski definition) is 2. The van der Waals surface area contributed by atoms with Gasteiger partial charge in [-0.05, 0) is 39.0 Å². The minimum atomic E-state index is -0.910. The summed E-state index contributed by atoms with van der Waals surface area (Å²) in [4.78, 5) is 25.0. The highest BCUT2D eigenvalue weighted by molar-refractivity contribution is 5.83. The molecule has 2 heterocycles. The summed E-state index contributed by atoms with van der Waals surface area (Å²) in [6, 6.07) is -0.936. The van der Waals surface area contributed by atoms with Crippen LogP contribution in [0.25, 0.3) is 0 Å². The summed E-state index contributed by atoms with van der Waals surface area (Å²) >= 11 is 0. The second-order valence-corrected chi connectivity index (χ2v) is 5.65. The summed E-state index contributed by atoms with van der Waals surface area (Å²) in [6.07, 6.45) is 3.82. The molecule has 0 radical (unpaired) electrons. The minimum absolute atomic E-state index is 0.253. The number of ether oxygens (including phenoxy) is 1. The maximum Gasteiger partial charge on any atom is 0.326 e. The van der Waals surface area contributed by atoms with Gasteiger partial charge >= 0.3 is 12.0 Å². The van der Waals surface area contributed by atoms with Crippen molar-refractivity contribution in [3.05, 3.63) is 0 Å². The van der Waals surface area contributed by atoms with Crippen LogP contribution in [0.2, 0.25) is 0 Å². The molecule has 0 aromatic rings. The molecule has 2 aliphatic rings. The Kier molecular flexibility index (Phi) is 4.29. The largest absolute Gasteiger partial charge is 0.480 e. The van der Waals surface area contributed by atoms with E-state index in [1.54, 1.807) is 0 Å². The molecule has 2 amide bonds. The number of nitrogens with one attached hydrogen (secondary N) is 1. The van der Waals surface area contributed by atoms with E-state index in [2.05, 4.69) is 5.32 Å². The van der Waals surface area contributed by atoms with Gasteiger partial charge in [0, 0.05) is 25.3 Å². The highest BCUT2D eigenvalue weighted by Crippen LogP contribution is 2.22. The number of carbonyl (C=O) groups is 2. The van der Waals surface area contributed by atoms with Gasteiger partial charge in [-0.25, -0.2) is 9.59 Å². The van der Waals surface area contributed by atoms with E-state index in [0.29, 0.717) is 26.2 Å². The summed E-state index contributed by atoms with van der Waals surface area (Å²) in [5.41, 5.74) is -0.282. The molecule has 0 aliphatic carbocycles. The summed E-state index contributed by atoms with van der Waals surface area (Å²) in [6.45, 7) is 3.79. The maximum atomic E-state index is 12.3. The number of hydrogen-bond acceptors (Lipinski definition) is 3. The monoisotopic (exact) mass is 270 g/mol. The van der Waals surface area contributed by atoms with Crippen LogP contribution in [0, 0.1) is 0 Å². The SMILES string of the molecule is CC1(NC(=O)N2CCCCC2C(=O)O)CCOCC1. The molecule has 6 heteroatoms. The van der Waals surface area contributed by atoms with E-state index in [0.717, 1.165) is 25.7 Å². The number of carboxylic acids is 1. The first-order chi connectivity index (χ1) is 9.02. The first kappa shape index (κ1) is 14.1. The fourth-order valence-electron chi connectivity index (χ4n) is 2.71. The number of aliphatic carboxylic acids is 1. The number of piperidine rings is 1. The number of rotatable bonds is 2. The Balaban J connectivity index is 1.99. The van der Waals surface area contributed by atoms with Crippen molar-refractivity contribution in [1.82, 2.24) is 10.2 Å². The number of carboxylic acid groups (broad SMARTS) is 1. The molecule has 2 N–H and O–H groups in total. The van der Waals surface area contributed by atoms with Crippen molar-refractivity contribution < 1.29 is 19.4 Å². The second kappa shape index (κ2) is 5.77. The van der Waals surface area contributed by atoms with E-state index >= 15 is 0 Å². The molecule has 1 unspecified atom stereocenters. The minimum Gasteiger partial charge on any atom is -0.480 e. The van der Waals surface area contributed by atoms with Gasteiger partial charge in [0.25, 0.3) is 0 Å². The summed E-state index contributed by atoms with van der Waals surface area (Å²) in [5, 5.41) is 12.2. The molecular weight excluding hydrogens is 248 g/mol. The van der Waals surface area contributed by atoms with Gasteiger partial charge in [-0.2, -0.15) is 0 Å². The highest BCUT2D eigenvalue weighted by Gasteiger charge is 2.36. The highest BCUT2D eigenvalue weighted by atomic mass is 16.5. The lowest BCUT2D eigenvalue weighted by molar-refractivity contribution is -0.143. The second-order valence-electron chi connectivity index (χ2n) is 5.65. The fourth-order valence-corrected chi connectivity index (χ4v) is 2.71. The molecule has 19 heavy (non-hydrogen) atoms. The zero-order valence-corrected chi connectivity index (χ0v) is 11.4. The molecule has 0 saturated carbocycles. The van der Waals surface area contributed by atoms with Crippen LogP contribution in [0.1, 0.15) is 39.0 Å². The average Bonchev–Trinajstić information content (AvgIpc) is 2.39. The molecule has 6 nitrogen and oxygen atoms in total. The van der Waals surface area contributed by atoms with Crippen molar-refractivity contribution >= 4 is 12.0 Å². The van der Waals surface area contributed by atoms with Crippen LogP contribution in [0.3, 0.4) is 0 Å². The molecule has 0 spiro atoms. The molecule has 0 aromatic heterocycles. The third-order valence-electron chi connectivity index (χ3n) is 4.05. The van der Waals surface area contributed by atoms with Crippen molar-refractivity contribution in [2.45, 2.75) is 50.6 Å². The van der Waals surface area contributed by atoms with E-state index in [4.69, 9.17) is 4.74 Å². The van der Waals surface area contributed by atoms with Crippen LogP contribution >= 0.6 is 0 Å². The lowest BCUT2D eigenvalue weighted by Gasteiger charge is -2.39. The predicted octanol–water partition coefficient (Wildman–Crippen LogP) is 1.20. The van der Waals surface area contributed by atoms with Crippen LogP contribution in [0.4, 0.5) is 4.79 Å². The van der Waals surface area contributed by atoms with Gasteiger partial charge in [0.05, 0.1) is 0 Å².